The summed E-state index contributed by atoms with van der Waals surface area (Å²) < 4.78 is 49.3. The van der Waals surface area contributed by atoms with Crippen LogP contribution in [-0.2, 0) is 19.0 Å². The SMILES string of the molecule is COc1cccc2c1OCC(Cc1cc(C(F)(F)F)ccn1)C2. The molecule has 2 heterocycles. The minimum absolute atomic E-state index is 0.0885. The van der Waals surface area contributed by atoms with Gasteiger partial charge in [-0.1, -0.05) is 12.1 Å². The quantitative estimate of drug-likeness (QED) is 0.858. The summed E-state index contributed by atoms with van der Waals surface area (Å²) in [6, 6.07) is 7.76. The third-order valence-corrected chi connectivity index (χ3v) is 3.89. The molecule has 23 heavy (non-hydrogen) atoms. The average molecular weight is 323 g/mol. The van der Waals surface area contributed by atoms with Crippen LogP contribution < -0.4 is 9.47 Å². The normalized spacial score (nSPS) is 17.3. The smallest absolute Gasteiger partial charge is 0.416 e. The fourth-order valence-corrected chi connectivity index (χ4v) is 2.81. The zero-order valence-corrected chi connectivity index (χ0v) is 12.6. The summed E-state index contributed by atoms with van der Waals surface area (Å²) in [6.45, 7) is 0.436. The summed E-state index contributed by atoms with van der Waals surface area (Å²) in [4.78, 5) is 4.06. The van der Waals surface area contributed by atoms with Gasteiger partial charge < -0.3 is 9.47 Å². The number of hydrogen-bond donors (Lipinski definition) is 0. The highest BCUT2D eigenvalue weighted by atomic mass is 19.4. The summed E-state index contributed by atoms with van der Waals surface area (Å²) in [5.74, 6) is 1.49. The van der Waals surface area contributed by atoms with Crippen molar-refractivity contribution in [2.75, 3.05) is 13.7 Å². The maximum Gasteiger partial charge on any atom is 0.416 e. The minimum Gasteiger partial charge on any atom is -0.493 e. The van der Waals surface area contributed by atoms with Crippen LogP contribution in [0.1, 0.15) is 16.8 Å². The predicted octanol–water partition coefficient (Wildman–Crippen LogP) is 3.90. The second kappa shape index (κ2) is 6.10. The molecule has 3 nitrogen and oxygen atoms in total. The third kappa shape index (κ3) is 3.41. The number of nitrogens with zero attached hydrogens (tertiary/aromatic N) is 1. The number of aromatic nitrogens is 1. The fourth-order valence-electron chi connectivity index (χ4n) is 2.81. The van der Waals surface area contributed by atoms with Crippen molar-refractivity contribution in [1.29, 1.82) is 0 Å². The standard InChI is InChI=1S/C17H16F3NO2/c1-22-15-4-2-3-12-7-11(10-23-16(12)15)8-14-9-13(5-6-21-14)17(18,19)20/h2-6,9,11H,7-8,10H2,1H3. The molecule has 0 N–H and O–H groups in total. The van der Waals surface area contributed by atoms with Gasteiger partial charge in [0.15, 0.2) is 11.5 Å². The highest BCUT2D eigenvalue weighted by Crippen LogP contribution is 2.37. The van der Waals surface area contributed by atoms with Gasteiger partial charge in [-0.2, -0.15) is 13.2 Å². The zero-order valence-electron chi connectivity index (χ0n) is 12.6. The molecule has 1 aliphatic heterocycles. The van der Waals surface area contributed by atoms with E-state index in [0.717, 1.165) is 29.9 Å². The van der Waals surface area contributed by atoms with Gasteiger partial charge >= 0.3 is 6.18 Å². The Labute approximate surface area is 132 Å². The van der Waals surface area contributed by atoms with Gasteiger partial charge in [0.25, 0.3) is 0 Å². The Balaban J connectivity index is 1.75. The predicted molar refractivity (Wildman–Crippen MR) is 78.6 cm³/mol. The number of hydrogen-bond acceptors (Lipinski definition) is 3. The van der Waals surface area contributed by atoms with Crippen LogP contribution in [0.4, 0.5) is 13.2 Å². The Hall–Kier alpha value is -2.24. The van der Waals surface area contributed by atoms with Crippen molar-refractivity contribution in [3.8, 4) is 11.5 Å². The fraction of sp³-hybridized carbons (Fsp3) is 0.353. The van der Waals surface area contributed by atoms with Crippen LogP contribution >= 0.6 is 0 Å². The maximum atomic E-state index is 12.8. The number of benzene rings is 1. The third-order valence-electron chi connectivity index (χ3n) is 3.89. The molecule has 2 aromatic rings. The van der Waals surface area contributed by atoms with E-state index in [1.54, 1.807) is 7.11 Å². The van der Waals surface area contributed by atoms with E-state index in [1.165, 1.54) is 6.20 Å². The number of halogens is 3. The number of alkyl halides is 3. The molecule has 6 heteroatoms. The van der Waals surface area contributed by atoms with Crippen LogP contribution in [0.2, 0.25) is 0 Å². The molecule has 3 rings (SSSR count). The molecule has 1 aromatic carbocycles. The molecule has 1 aliphatic rings. The Morgan fingerprint density at radius 2 is 2.13 bits per heavy atom. The summed E-state index contributed by atoms with van der Waals surface area (Å²) in [5, 5.41) is 0. The molecule has 0 aliphatic carbocycles. The highest BCUT2D eigenvalue weighted by Gasteiger charge is 2.31. The van der Waals surface area contributed by atoms with Crippen LogP contribution in [-0.4, -0.2) is 18.7 Å². The van der Waals surface area contributed by atoms with E-state index in [4.69, 9.17) is 9.47 Å². The van der Waals surface area contributed by atoms with Crippen LogP contribution in [0.3, 0.4) is 0 Å². The summed E-state index contributed by atoms with van der Waals surface area (Å²) >= 11 is 0. The van der Waals surface area contributed by atoms with Crippen LogP contribution in [0.25, 0.3) is 0 Å². The van der Waals surface area contributed by atoms with Gasteiger partial charge in [-0.25, -0.2) is 0 Å². The van der Waals surface area contributed by atoms with E-state index < -0.39 is 11.7 Å². The Bertz CT molecular complexity index is 700. The largest absolute Gasteiger partial charge is 0.493 e. The van der Waals surface area contributed by atoms with Crippen molar-refractivity contribution in [3.63, 3.8) is 0 Å². The second-order valence-corrected chi connectivity index (χ2v) is 5.57. The second-order valence-electron chi connectivity index (χ2n) is 5.57. The number of methoxy groups -OCH3 is 1. The Morgan fingerprint density at radius 1 is 1.30 bits per heavy atom. The van der Waals surface area contributed by atoms with Crippen molar-refractivity contribution in [2.45, 2.75) is 19.0 Å². The summed E-state index contributed by atoms with van der Waals surface area (Å²) in [6.07, 6.45) is -1.97. The molecule has 0 saturated carbocycles. The Kier molecular flexibility index (Phi) is 4.15. The van der Waals surface area contributed by atoms with Gasteiger partial charge in [-0.3, -0.25) is 4.98 Å². The van der Waals surface area contributed by atoms with Crippen molar-refractivity contribution in [1.82, 2.24) is 4.98 Å². The lowest BCUT2D eigenvalue weighted by atomic mass is 9.92. The first-order chi connectivity index (χ1) is 11.0. The maximum absolute atomic E-state index is 12.8. The van der Waals surface area contributed by atoms with E-state index in [0.29, 0.717) is 24.5 Å². The van der Waals surface area contributed by atoms with Gasteiger partial charge in [0.05, 0.1) is 19.3 Å². The molecular formula is C17H16F3NO2. The first-order valence-electron chi connectivity index (χ1n) is 7.28. The molecule has 1 aromatic heterocycles. The monoisotopic (exact) mass is 323 g/mol. The first kappa shape index (κ1) is 15.6. The zero-order chi connectivity index (χ0) is 16.4. The number of ether oxygens (including phenoxy) is 2. The van der Waals surface area contributed by atoms with Crippen LogP contribution in [0, 0.1) is 5.92 Å². The summed E-state index contributed by atoms with van der Waals surface area (Å²) in [7, 11) is 1.58. The Morgan fingerprint density at radius 3 is 2.87 bits per heavy atom. The van der Waals surface area contributed by atoms with Gasteiger partial charge in [-0.05, 0) is 36.6 Å². The van der Waals surface area contributed by atoms with E-state index in [1.807, 2.05) is 18.2 Å². The van der Waals surface area contributed by atoms with Crippen LogP contribution in [0.5, 0.6) is 11.5 Å². The lowest BCUT2D eigenvalue weighted by molar-refractivity contribution is -0.137. The van der Waals surface area contributed by atoms with E-state index in [9.17, 15) is 13.2 Å². The number of pyridine rings is 1. The molecule has 0 fully saturated rings. The molecule has 122 valence electrons. The molecular weight excluding hydrogens is 307 g/mol. The van der Waals surface area contributed by atoms with E-state index in [-0.39, 0.29) is 5.92 Å². The van der Waals surface area contributed by atoms with Crippen molar-refractivity contribution < 1.29 is 22.6 Å². The number of para-hydroxylation sites is 1. The topological polar surface area (TPSA) is 31.4 Å². The highest BCUT2D eigenvalue weighted by molar-refractivity contribution is 5.47. The van der Waals surface area contributed by atoms with Gasteiger partial charge in [0.2, 0.25) is 0 Å². The van der Waals surface area contributed by atoms with Crippen LogP contribution in [0.15, 0.2) is 36.5 Å². The molecule has 0 radical (unpaired) electrons. The van der Waals surface area contributed by atoms with E-state index >= 15 is 0 Å². The van der Waals surface area contributed by atoms with Gasteiger partial charge in [-0.15, -0.1) is 0 Å². The minimum atomic E-state index is -4.35. The molecule has 0 spiro atoms. The van der Waals surface area contributed by atoms with E-state index in [2.05, 4.69) is 4.98 Å². The lowest BCUT2D eigenvalue weighted by Crippen LogP contribution is -2.23. The van der Waals surface area contributed by atoms with Crippen molar-refractivity contribution in [2.24, 2.45) is 5.92 Å². The lowest BCUT2D eigenvalue weighted by Gasteiger charge is -2.26. The molecule has 0 bridgehead atoms. The molecule has 1 atom stereocenters. The van der Waals surface area contributed by atoms with Crippen molar-refractivity contribution >= 4 is 0 Å². The van der Waals surface area contributed by atoms with Gasteiger partial charge in [0.1, 0.15) is 0 Å². The van der Waals surface area contributed by atoms with Crippen molar-refractivity contribution in [3.05, 3.63) is 53.3 Å². The number of rotatable bonds is 3. The summed E-state index contributed by atoms with van der Waals surface area (Å²) in [5.41, 5.74) is 0.772. The average Bonchev–Trinajstić information content (AvgIpc) is 2.53. The van der Waals surface area contributed by atoms with Gasteiger partial charge in [0, 0.05) is 17.8 Å². The molecule has 0 amide bonds. The first-order valence-corrected chi connectivity index (χ1v) is 7.28. The molecule has 0 saturated heterocycles. The number of fused-ring (bicyclic) bond motifs is 1. The molecule has 1 unspecified atom stereocenters.